The predicted octanol–water partition coefficient (Wildman–Crippen LogP) is 1.04. The van der Waals surface area contributed by atoms with Crippen molar-refractivity contribution in [3.8, 4) is 0 Å². The molecule has 0 unspecified atom stereocenters. The molecule has 5 nitrogen and oxygen atoms in total. The van der Waals surface area contributed by atoms with Gasteiger partial charge in [-0.3, -0.25) is 0 Å². The van der Waals surface area contributed by atoms with Crippen molar-refractivity contribution in [2.24, 2.45) is 0 Å². The van der Waals surface area contributed by atoms with Crippen molar-refractivity contribution in [3.05, 3.63) is 12.4 Å². The van der Waals surface area contributed by atoms with E-state index in [9.17, 15) is 5.11 Å². The van der Waals surface area contributed by atoms with Crippen LogP contribution in [0.5, 0.6) is 0 Å². The van der Waals surface area contributed by atoms with Gasteiger partial charge >= 0.3 is 0 Å². The number of nitrogens with zero attached hydrogens (tertiary/aromatic N) is 4. The quantitative estimate of drug-likeness (QED) is 0.866. The molecule has 0 aromatic carbocycles. The van der Waals surface area contributed by atoms with Gasteiger partial charge in [0.2, 0.25) is 0 Å². The van der Waals surface area contributed by atoms with Crippen molar-refractivity contribution in [3.63, 3.8) is 0 Å². The van der Waals surface area contributed by atoms with E-state index < -0.39 is 0 Å². The van der Waals surface area contributed by atoms with E-state index >= 15 is 0 Å². The number of aliphatic hydroxyl groups is 1. The average Bonchev–Trinajstić information content (AvgIpc) is 3.10. The molecule has 3 heterocycles. The highest BCUT2D eigenvalue weighted by atomic mass is 16.3. The fourth-order valence-corrected chi connectivity index (χ4v) is 2.94. The van der Waals surface area contributed by atoms with Crippen molar-refractivity contribution in [1.82, 2.24) is 9.97 Å². The van der Waals surface area contributed by atoms with Crippen molar-refractivity contribution in [1.29, 1.82) is 0 Å². The summed E-state index contributed by atoms with van der Waals surface area (Å²) < 4.78 is 0. The molecular weight excluding hydrogens is 228 g/mol. The second-order valence-corrected chi connectivity index (χ2v) is 5.10. The molecule has 2 aliphatic heterocycles. The number of anilines is 2. The summed E-state index contributed by atoms with van der Waals surface area (Å²) in [5.74, 6) is 1.99. The van der Waals surface area contributed by atoms with Crippen LogP contribution in [0.25, 0.3) is 0 Å². The third-order valence-corrected chi connectivity index (χ3v) is 3.95. The van der Waals surface area contributed by atoms with Crippen molar-refractivity contribution in [2.45, 2.75) is 31.7 Å². The Morgan fingerprint density at radius 2 is 1.89 bits per heavy atom. The van der Waals surface area contributed by atoms with Crippen LogP contribution in [-0.2, 0) is 0 Å². The standard InChI is InChI=1S/C13H20N4O/c18-9-11-4-3-7-17(11)13-8-12(14-10-15-13)16-5-1-2-6-16/h8,10-11,18H,1-7,9H2/t11-/m1/s1. The summed E-state index contributed by atoms with van der Waals surface area (Å²) in [6.45, 7) is 3.39. The minimum Gasteiger partial charge on any atom is -0.394 e. The molecule has 1 aromatic heterocycles. The minimum atomic E-state index is 0.211. The molecule has 1 N–H and O–H groups in total. The summed E-state index contributed by atoms with van der Waals surface area (Å²) in [5, 5.41) is 9.38. The maximum absolute atomic E-state index is 9.38. The molecule has 1 atom stereocenters. The Labute approximate surface area is 107 Å². The van der Waals surface area contributed by atoms with Gasteiger partial charge in [0.15, 0.2) is 0 Å². The van der Waals surface area contributed by atoms with E-state index in [1.807, 2.05) is 0 Å². The molecule has 5 heteroatoms. The largest absolute Gasteiger partial charge is 0.394 e. The van der Waals surface area contributed by atoms with Crippen LogP contribution in [0.1, 0.15) is 25.7 Å². The molecular formula is C13H20N4O. The van der Waals surface area contributed by atoms with E-state index in [4.69, 9.17) is 0 Å². The lowest BCUT2D eigenvalue weighted by Gasteiger charge is -2.25. The molecule has 2 fully saturated rings. The topological polar surface area (TPSA) is 52.5 Å². The molecule has 0 aliphatic carbocycles. The van der Waals surface area contributed by atoms with E-state index in [1.54, 1.807) is 6.33 Å². The third-order valence-electron chi connectivity index (χ3n) is 3.95. The maximum atomic E-state index is 9.38. The SMILES string of the molecule is OC[C@H]1CCCN1c1cc(N2CCCC2)ncn1. The fraction of sp³-hybridized carbons (Fsp3) is 0.692. The monoisotopic (exact) mass is 248 g/mol. The Bertz CT molecular complexity index is 406. The first-order chi connectivity index (χ1) is 8.88. The normalized spacial score (nSPS) is 23.9. The van der Waals surface area contributed by atoms with Crippen LogP contribution in [-0.4, -0.2) is 47.4 Å². The molecule has 98 valence electrons. The van der Waals surface area contributed by atoms with Crippen molar-refractivity contribution in [2.75, 3.05) is 36.0 Å². The molecule has 18 heavy (non-hydrogen) atoms. The number of hydrogen-bond donors (Lipinski definition) is 1. The molecule has 0 radical (unpaired) electrons. The summed E-state index contributed by atoms with van der Waals surface area (Å²) in [7, 11) is 0. The van der Waals surface area contributed by atoms with Crippen LogP contribution in [0.3, 0.4) is 0 Å². The Hall–Kier alpha value is -1.36. The number of hydrogen-bond acceptors (Lipinski definition) is 5. The zero-order chi connectivity index (χ0) is 12.4. The van der Waals surface area contributed by atoms with Crippen LogP contribution in [0.15, 0.2) is 12.4 Å². The van der Waals surface area contributed by atoms with Crippen LogP contribution in [0.4, 0.5) is 11.6 Å². The average molecular weight is 248 g/mol. The third kappa shape index (κ3) is 2.14. The molecule has 1 aromatic rings. The summed E-state index contributed by atoms with van der Waals surface area (Å²) >= 11 is 0. The van der Waals surface area contributed by atoms with Gasteiger partial charge in [0.05, 0.1) is 12.6 Å². The second kappa shape index (κ2) is 5.10. The molecule has 0 bridgehead atoms. The lowest BCUT2D eigenvalue weighted by Crippen LogP contribution is -2.33. The van der Waals surface area contributed by atoms with E-state index in [1.165, 1.54) is 12.8 Å². The van der Waals surface area contributed by atoms with Crippen LogP contribution < -0.4 is 9.80 Å². The highest BCUT2D eigenvalue weighted by molar-refractivity contribution is 5.51. The highest BCUT2D eigenvalue weighted by Crippen LogP contribution is 2.26. The summed E-state index contributed by atoms with van der Waals surface area (Å²) in [5.41, 5.74) is 0. The Balaban J connectivity index is 1.81. The van der Waals surface area contributed by atoms with E-state index in [2.05, 4.69) is 25.8 Å². The van der Waals surface area contributed by atoms with E-state index in [0.29, 0.717) is 0 Å². The van der Waals surface area contributed by atoms with Gasteiger partial charge in [-0.2, -0.15) is 0 Å². The number of aliphatic hydroxyl groups excluding tert-OH is 1. The van der Waals surface area contributed by atoms with Gasteiger partial charge in [-0.05, 0) is 25.7 Å². The molecule has 3 rings (SSSR count). The van der Waals surface area contributed by atoms with Gasteiger partial charge in [0, 0.05) is 25.7 Å². The fourth-order valence-electron chi connectivity index (χ4n) is 2.94. The van der Waals surface area contributed by atoms with Crippen LogP contribution in [0, 0.1) is 0 Å². The first-order valence-corrected chi connectivity index (χ1v) is 6.83. The molecule has 0 spiro atoms. The van der Waals surface area contributed by atoms with E-state index in [0.717, 1.165) is 44.1 Å². The first kappa shape index (κ1) is 11.7. The Morgan fingerprint density at radius 3 is 2.67 bits per heavy atom. The van der Waals surface area contributed by atoms with Gasteiger partial charge in [-0.1, -0.05) is 0 Å². The lowest BCUT2D eigenvalue weighted by molar-refractivity contribution is 0.266. The molecule has 2 saturated heterocycles. The van der Waals surface area contributed by atoms with Crippen molar-refractivity contribution >= 4 is 11.6 Å². The highest BCUT2D eigenvalue weighted by Gasteiger charge is 2.25. The summed E-state index contributed by atoms with van der Waals surface area (Å²) in [4.78, 5) is 13.3. The van der Waals surface area contributed by atoms with Gasteiger partial charge in [0.1, 0.15) is 18.0 Å². The summed E-state index contributed by atoms with van der Waals surface area (Å²) in [6, 6.07) is 2.30. The zero-order valence-corrected chi connectivity index (χ0v) is 10.6. The predicted molar refractivity (Wildman–Crippen MR) is 70.9 cm³/mol. The molecule has 0 amide bonds. The molecule has 2 aliphatic rings. The lowest BCUT2D eigenvalue weighted by atomic mass is 10.2. The smallest absolute Gasteiger partial charge is 0.134 e. The number of rotatable bonds is 3. The Morgan fingerprint density at radius 1 is 1.11 bits per heavy atom. The zero-order valence-electron chi connectivity index (χ0n) is 10.6. The number of aromatic nitrogens is 2. The van der Waals surface area contributed by atoms with Gasteiger partial charge in [-0.15, -0.1) is 0 Å². The van der Waals surface area contributed by atoms with E-state index in [-0.39, 0.29) is 12.6 Å². The van der Waals surface area contributed by atoms with Crippen molar-refractivity contribution < 1.29 is 5.11 Å². The summed E-state index contributed by atoms with van der Waals surface area (Å²) in [6.07, 6.45) is 6.34. The van der Waals surface area contributed by atoms with Gasteiger partial charge in [0.25, 0.3) is 0 Å². The Kier molecular flexibility index (Phi) is 3.32. The van der Waals surface area contributed by atoms with Gasteiger partial charge in [-0.25, -0.2) is 9.97 Å². The van der Waals surface area contributed by atoms with Gasteiger partial charge < -0.3 is 14.9 Å². The maximum Gasteiger partial charge on any atom is 0.134 e. The van der Waals surface area contributed by atoms with Crippen LogP contribution >= 0.6 is 0 Å². The second-order valence-electron chi connectivity index (χ2n) is 5.10. The molecule has 0 saturated carbocycles. The first-order valence-electron chi connectivity index (χ1n) is 6.83. The van der Waals surface area contributed by atoms with Crippen LogP contribution in [0.2, 0.25) is 0 Å². The minimum absolute atomic E-state index is 0.211.